The monoisotopic (exact) mass is 445 g/mol. The number of imidazole rings is 1. The average molecular weight is 445 g/mol. The van der Waals surface area contributed by atoms with Crippen molar-refractivity contribution < 1.29 is 46.9 Å². The zero-order valence-electron chi connectivity index (χ0n) is 13.5. The van der Waals surface area contributed by atoms with Crippen LogP contribution in [0.15, 0.2) is 11.1 Å². The van der Waals surface area contributed by atoms with Gasteiger partial charge in [-0.2, -0.15) is 9.29 Å². The molecule has 0 aromatic carbocycles. The van der Waals surface area contributed by atoms with Crippen molar-refractivity contribution in [1.29, 1.82) is 0 Å². The zero-order valence-corrected chi connectivity index (χ0v) is 15.3. The SMILES string of the molecule is Nc1nc2c(ncn2[C@@H]2O[C@H](COP(=O)(O)OP(=O)(O)F)[C@@H](O)[C@H]2O)c(=O)[nH]1. The molecule has 28 heavy (non-hydrogen) atoms. The highest BCUT2D eigenvalue weighted by atomic mass is 31.3. The number of H-pyrrole nitrogens is 1. The number of phosphoric ester groups is 1. The average Bonchev–Trinajstić information content (AvgIpc) is 3.06. The number of fused-ring (bicyclic) bond motifs is 1. The lowest BCUT2D eigenvalue weighted by Crippen LogP contribution is -2.33. The van der Waals surface area contributed by atoms with Crippen molar-refractivity contribution in [1.82, 2.24) is 19.5 Å². The maximum absolute atomic E-state index is 12.5. The van der Waals surface area contributed by atoms with Crippen LogP contribution >= 0.6 is 15.7 Å². The first-order valence-electron chi connectivity index (χ1n) is 7.33. The second-order valence-corrected chi connectivity index (χ2v) is 8.37. The van der Waals surface area contributed by atoms with Gasteiger partial charge in [0.25, 0.3) is 5.56 Å². The first kappa shape index (κ1) is 21.0. The molecule has 7 N–H and O–H groups in total. The number of aromatic amines is 1. The quantitative estimate of drug-likeness (QED) is 0.279. The van der Waals surface area contributed by atoms with E-state index in [0.717, 1.165) is 10.9 Å². The summed E-state index contributed by atoms with van der Waals surface area (Å²) >= 11 is 0. The Bertz CT molecular complexity index is 1040. The Morgan fingerprint density at radius 3 is 2.68 bits per heavy atom. The van der Waals surface area contributed by atoms with Gasteiger partial charge in [-0.1, -0.05) is 0 Å². The molecular weight excluding hydrogens is 431 g/mol. The standard InChI is InChI=1S/C10H14FN5O10P2/c11-27(20,21)26-28(22,23)24-1-3-5(17)6(18)9(25-3)16-2-13-4-7(16)14-10(12)15-8(4)19/h2-3,5-6,9,17-18H,1H2,(H,20,21)(H,22,23)(H3,12,14,15,19)/t3-,5-,6-,9-/m1/s1. The normalized spacial score (nSPS) is 29.6. The fourth-order valence-corrected chi connectivity index (χ4v) is 4.09. The van der Waals surface area contributed by atoms with Crippen LogP contribution in [0.5, 0.6) is 0 Å². The van der Waals surface area contributed by atoms with Crippen LogP contribution in [-0.2, 0) is 22.7 Å². The summed E-state index contributed by atoms with van der Waals surface area (Å²) in [5, 5.41) is 20.2. The van der Waals surface area contributed by atoms with Gasteiger partial charge in [0.05, 0.1) is 12.9 Å². The molecule has 3 rings (SSSR count). The molecule has 0 saturated carbocycles. The molecule has 1 fully saturated rings. The van der Waals surface area contributed by atoms with E-state index >= 15 is 0 Å². The van der Waals surface area contributed by atoms with Crippen molar-refractivity contribution in [2.75, 3.05) is 12.3 Å². The van der Waals surface area contributed by atoms with Crippen molar-refractivity contribution in [3.05, 3.63) is 16.7 Å². The predicted octanol–water partition coefficient (Wildman–Crippen LogP) is -1.48. The summed E-state index contributed by atoms with van der Waals surface area (Å²) in [5.41, 5.74) is 4.59. The predicted molar refractivity (Wildman–Crippen MR) is 86.3 cm³/mol. The molecule has 2 aromatic rings. The largest absolute Gasteiger partial charge is 0.519 e. The first-order valence-corrected chi connectivity index (χ1v) is 10.3. The second-order valence-electron chi connectivity index (χ2n) is 5.62. The fourth-order valence-electron chi connectivity index (χ4n) is 2.54. The van der Waals surface area contributed by atoms with Gasteiger partial charge in [-0.15, -0.1) is 4.20 Å². The number of hydrogen-bond acceptors (Lipinski definition) is 11. The van der Waals surface area contributed by atoms with Crippen molar-refractivity contribution >= 4 is 32.8 Å². The lowest BCUT2D eigenvalue weighted by atomic mass is 10.1. The minimum Gasteiger partial charge on any atom is -0.387 e. The molecule has 0 spiro atoms. The van der Waals surface area contributed by atoms with E-state index in [1.165, 1.54) is 0 Å². The van der Waals surface area contributed by atoms with Crippen molar-refractivity contribution in [2.45, 2.75) is 24.5 Å². The molecule has 0 radical (unpaired) electrons. The molecule has 2 unspecified atom stereocenters. The number of aliphatic hydroxyl groups excluding tert-OH is 2. The van der Waals surface area contributed by atoms with E-state index < -0.39 is 52.4 Å². The Balaban J connectivity index is 1.79. The summed E-state index contributed by atoms with van der Waals surface area (Å²) in [6.07, 6.45) is -5.02. The molecule has 1 saturated heterocycles. The lowest BCUT2D eigenvalue weighted by Gasteiger charge is -2.17. The smallest absolute Gasteiger partial charge is 0.387 e. The number of halogens is 1. The Morgan fingerprint density at radius 1 is 1.36 bits per heavy atom. The highest BCUT2D eigenvalue weighted by Crippen LogP contribution is 2.60. The Morgan fingerprint density at radius 2 is 2.04 bits per heavy atom. The summed E-state index contributed by atoms with van der Waals surface area (Å²) in [7, 11) is -11.1. The van der Waals surface area contributed by atoms with Gasteiger partial charge in [0.1, 0.15) is 18.3 Å². The number of hydrogen-bond donors (Lipinski definition) is 6. The summed E-state index contributed by atoms with van der Waals surface area (Å²) in [6.45, 7) is -0.925. The summed E-state index contributed by atoms with van der Waals surface area (Å²) in [6, 6.07) is 0. The molecule has 6 atom stereocenters. The molecule has 1 aliphatic heterocycles. The Labute approximate surface area is 153 Å². The Hall–Kier alpha value is -1.74. The number of aliphatic hydroxyl groups is 2. The topological polar surface area (TPSA) is 232 Å². The molecule has 15 nitrogen and oxygen atoms in total. The third-order valence-corrected chi connectivity index (χ3v) is 5.77. The van der Waals surface area contributed by atoms with Crippen LogP contribution in [0.3, 0.4) is 0 Å². The van der Waals surface area contributed by atoms with Crippen LogP contribution < -0.4 is 11.3 Å². The minimum absolute atomic E-state index is 0.0751. The Kier molecular flexibility index (Phi) is 5.44. The maximum atomic E-state index is 12.5. The third-order valence-electron chi connectivity index (χ3n) is 3.67. The van der Waals surface area contributed by atoms with Crippen LogP contribution in [0.2, 0.25) is 0 Å². The highest BCUT2D eigenvalue weighted by molar-refractivity contribution is 7.61. The number of aromatic nitrogens is 4. The number of anilines is 1. The van der Waals surface area contributed by atoms with Crippen LogP contribution in [0, 0.1) is 0 Å². The van der Waals surface area contributed by atoms with Gasteiger partial charge >= 0.3 is 15.7 Å². The number of ether oxygens (including phenoxy) is 1. The van der Waals surface area contributed by atoms with Crippen LogP contribution in [0.25, 0.3) is 11.2 Å². The van der Waals surface area contributed by atoms with Gasteiger partial charge in [0.15, 0.2) is 17.4 Å². The first-order chi connectivity index (χ1) is 12.9. The molecule has 1 aliphatic rings. The van der Waals surface area contributed by atoms with Gasteiger partial charge in [0, 0.05) is 0 Å². The lowest BCUT2D eigenvalue weighted by molar-refractivity contribution is -0.0502. The molecule has 0 aliphatic carbocycles. The summed E-state index contributed by atoms with van der Waals surface area (Å²) in [5.74, 6) is -0.245. The van der Waals surface area contributed by atoms with Crippen molar-refractivity contribution in [2.24, 2.45) is 0 Å². The molecule has 3 heterocycles. The van der Waals surface area contributed by atoms with E-state index in [0.29, 0.717) is 0 Å². The molecule has 18 heteroatoms. The number of rotatable bonds is 6. The van der Waals surface area contributed by atoms with Crippen LogP contribution in [0.4, 0.5) is 10.1 Å². The van der Waals surface area contributed by atoms with E-state index in [4.69, 9.17) is 15.4 Å². The zero-order chi connectivity index (χ0) is 20.9. The number of phosphoric acid groups is 1. The molecule has 0 bridgehead atoms. The van der Waals surface area contributed by atoms with Gasteiger partial charge in [-0.3, -0.25) is 23.8 Å². The number of nitrogens with two attached hydrogens (primary N) is 1. The number of nitrogens with zero attached hydrogens (tertiary/aromatic N) is 3. The van der Waals surface area contributed by atoms with E-state index in [2.05, 4.69) is 23.8 Å². The fraction of sp³-hybridized carbons (Fsp3) is 0.500. The minimum atomic E-state index is -5.82. The van der Waals surface area contributed by atoms with Gasteiger partial charge in [0.2, 0.25) is 5.95 Å². The second kappa shape index (κ2) is 7.26. The van der Waals surface area contributed by atoms with Crippen molar-refractivity contribution in [3.63, 3.8) is 0 Å². The molecule has 156 valence electrons. The number of nitrogen functional groups attached to an aromatic ring is 1. The van der Waals surface area contributed by atoms with Crippen molar-refractivity contribution in [3.8, 4) is 0 Å². The van der Waals surface area contributed by atoms with Gasteiger partial charge < -0.3 is 25.6 Å². The van der Waals surface area contributed by atoms with E-state index in [9.17, 15) is 33.2 Å². The maximum Gasteiger partial charge on any atom is 0.519 e. The molecular formula is C10H14FN5O10P2. The van der Waals surface area contributed by atoms with Crippen LogP contribution in [0.1, 0.15) is 6.23 Å². The molecule has 0 amide bonds. The summed E-state index contributed by atoms with van der Waals surface area (Å²) in [4.78, 5) is 39.2. The van der Waals surface area contributed by atoms with Gasteiger partial charge in [-0.05, 0) is 0 Å². The van der Waals surface area contributed by atoms with Gasteiger partial charge in [-0.25, -0.2) is 14.1 Å². The third kappa shape index (κ3) is 4.30. The van der Waals surface area contributed by atoms with E-state index in [-0.39, 0.29) is 17.1 Å². The van der Waals surface area contributed by atoms with E-state index in [1.807, 2.05) is 0 Å². The summed E-state index contributed by atoms with van der Waals surface area (Å²) < 4.78 is 48.4. The van der Waals surface area contributed by atoms with E-state index in [1.54, 1.807) is 0 Å². The van der Waals surface area contributed by atoms with Crippen LogP contribution in [-0.4, -0.2) is 64.4 Å². The highest BCUT2D eigenvalue weighted by Gasteiger charge is 2.46. The molecule has 2 aromatic heterocycles. The number of nitrogens with one attached hydrogen (secondary N) is 1.